The van der Waals surface area contributed by atoms with Gasteiger partial charge in [-0.25, -0.2) is 4.79 Å². The van der Waals surface area contributed by atoms with Crippen molar-refractivity contribution in [2.45, 2.75) is 19.8 Å². The normalized spacial score (nSPS) is 10.5. The van der Waals surface area contributed by atoms with Crippen LogP contribution in [0.25, 0.3) is 22.4 Å². The van der Waals surface area contributed by atoms with Crippen LogP contribution in [-0.2, 0) is 0 Å². The first-order chi connectivity index (χ1) is 17.1. The van der Waals surface area contributed by atoms with Gasteiger partial charge in [0.1, 0.15) is 5.75 Å². The molecule has 0 aliphatic rings. The van der Waals surface area contributed by atoms with Gasteiger partial charge in [0.2, 0.25) is 0 Å². The van der Waals surface area contributed by atoms with Crippen LogP contribution in [0.1, 0.15) is 40.5 Å². The number of hydrogen-bond acceptors (Lipinski definition) is 4. The van der Waals surface area contributed by atoms with Gasteiger partial charge in [-0.2, -0.15) is 0 Å². The molecule has 4 aromatic rings. The van der Waals surface area contributed by atoms with Crippen molar-refractivity contribution in [1.29, 1.82) is 0 Å². The van der Waals surface area contributed by atoms with Gasteiger partial charge >= 0.3 is 5.97 Å². The van der Waals surface area contributed by atoms with Crippen LogP contribution in [0.4, 0.5) is 5.69 Å². The maximum Gasteiger partial charge on any atom is 0.337 e. The molecule has 4 rings (SSSR count). The molecule has 0 spiro atoms. The molecule has 0 fully saturated rings. The maximum absolute atomic E-state index is 13.5. The Morgan fingerprint density at radius 2 is 1.63 bits per heavy atom. The molecule has 0 unspecified atom stereocenters. The number of carbonyl (C=O) groups is 2. The molecule has 0 atom stereocenters. The predicted molar refractivity (Wildman–Crippen MR) is 137 cm³/mol. The average molecular weight is 467 g/mol. The van der Waals surface area contributed by atoms with Crippen molar-refractivity contribution in [3.8, 4) is 28.1 Å². The van der Waals surface area contributed by atoms with E-state index in [1.165, 1.54) is 6.07 Å². The van der Waals surface area contributed by atoms with Gasteiger partial charge in [0.15, 0.2) is 0 Å². The van der Waals surface area contributed by atoms with E-state index >= 15 is 0 Å². The van der Waals surface area contributed by atoms with E-state index < -0.39 is 11.9 Å². The zero-order valence-electron chi connectivity index (χ0n) is 19.4. The van der Waals surface area contributed by atoms with Crippen LogP contribution >= 0.6 is 0 Å². The molecule has 0 bridgehead atoms. The lowest BCUT2D eigenvalue weighted by atomic mass is 10.0. The Balaban J connectivity index is 1.72. The smallest absolute Gasteiger partial charge is 0.337 e. The topological polar surface area (TPSA) is 88.5 Å². The quantitative estimate of drug-likeness (QED) is 0.273. The lowest BCUT2D eigenvalue weighted by Gasteiger charge is -2.15. The number of nitrogens with one attached hydrogen (secondary N) is 1. The first kappa shape index (κ1) is 23.7. The Morgan fingerprint density at radius 1 is 0.857 bits per heavy atom. The number of unbranched alkanes of at least 4 members (excludes halogenated alkanes) is 1. The average Bonchev–Trinajstić information content (AvgIpc) is 2.89. The van der Waals surface area contributed by atoms with Gasteiger partial charge in [0, 0.05) is 11.8 Å². The summed E-state index contributed by atoms with van der Waals surface area (Å²) in [6.45, 7) is 2.54. The van der Waals surface area contributed by atoms with Gasteiger partial charge in [-0.1, -0.05) is 55.8 Å². The van der Waals surface area contributed by atoms with Crippen LogP contribution in [0.2, 0.25) is 0 Å². The van der Waals surface area contributed by atoms with Crippen molar-refractivity contribution >= 4 is 17.6 Å². The molecule has 0 aliphatic heterocycles. The Bertz CT molecular complexity index is 1320. The van der Waals surface area contributed by atoms with Crippen molar-refractivity contribution < 1.29 is 19.4 Å². The molecule has 3 aromatic carbocycles. The van der Waals surface area contributed by atoms with Gasteiger partial charge in [-0.3, -0.25) is 9.78 Å². The highest BCUT2D eigenvalue weighted by atomic mass is 16.5. The minimum Gasteiger partial charge on any atom is -0.493 e. The van der Waals surface area contributed by atoms with Gasteiger partial charge in [0.05, 0.1) is 29.1 Å². The SMILES string of the molecule is CCCCOc1ccc(-c2ccccn2)cc1C(=O)Nc1cc(-c2ccccc2)ccc1C(=O)O. The zero-order valence-corrected chi connectivity index (χ0v) is 19.4. The van der Waals surface area contributed by atoms with Gasteiger partial charge < -0.3 is 15.2 Å². The van der Waals surface area contributed by atoms with Crippen molar-refractivity contribution in [3.05, 3.63) is 102 Å². The molecule has 1 amide bonds. The zero-order chi connectivity index (χ0) is 24.6. The molecule has 2 N–H and O–H groups in total. The van der Waals surface area contributed by atoms with Crippen molar-refractivity contribution in [1.82, 2.24) is 4.98 Å². The fourth-order valence-corrected chi connectivity index (χ4v) is 3.69. The summed E-state index contributed by atoms with van der Waals surface area (Å²) in [6.07, 6.45) is 3.50. The highest BCUT2D eigenvalue weighted by molar-refractivity contribution is 6.10. The van der Waals surface area contributed by atoms with Gasteiger partial charge in [-0.15, -0.1) is 0 Å². The molecule has 1 heterocycles. The first-order valence-electron chi connectivity index (χ1n) is 11.5. The molecule has 176 valence electrons. The number of carboxylic acid groups (broad SMARTS) is 1. The molecule has 0 aliphatic carbocycles. The standard InChI is InChI=1S/C29H26N2O4/c1-2-3-17-35-27-15-13-22(25-11-7-8-16-30-25)18-24(27)28(32)31-26-19-21(12-14-23(26)29(33)34)20-9-5-4-6-10-20/h4-16,18-19H,2-3,17H2,1H3,(H,31,32)(H,33,34). The van der Waals surface area contributed by atoms with Crippen LogP contribution in [0, 0.1) is 0 Å². The Morgan fingerprint density at radius 3 is 2.34 bits per heavy atom. The third-order valence-corrected chi connectivity index (χ3v) is 5.55. The van der Waals surface area contributed by atoms with E-state index in [9.17, 15) is 14.7 Å². The lowest BCUT2D eigenvalue weighted by Crippen LogP contribution is -2.16. The maximum atomic E-state index is 13.5. The van der Waals surface area contributed by atoms with E-state index in [-0.39, 0.29) is 11.3 Å². The van der Waals surface area contributed by atoms with E-state index in [2.05, 4.69) is 17.2 Å². The second-order valence-electron chi connectivity index (χ2n) is 8.01. The molecule has 35 heavy (non-hydrogen) atoms. The van der Waals surface area contributed by atoms with E-state index in [0.717, 1.165) is 35.2 Å². The van der Waals surface area contributed by atoms with Crippen molar-refractivity contribution in [2.24, 2.45) is 0 Å². The summed E-state index contributed by atoms with van der Waals surface area (Å²) in [5, 5.41) is 12.5. The number of aromatic nitrogens is 1. The number of benzene rings is 3. The van der Waals surface area contributed by atoms with Crippen LogP contribution < -0.4 is 10.1 Å². The highest BCUT2D eigenvalue weighted by Crippen LogP contribution is 2.30. The number of aromatic carboxylic acids is 1. The molecule has 0 saturated heterocycles. The minimum absolute atomic E-state index is 0.00682. The summed E-state index contributed by atoms with van der Waals surface area (Å²) in [5.41, 5.74) is 3.73. The lowest BCUT2D eigenvalue weighted by molar-refractivity contribution is 0.0698. The Labute approximate surface area is 204 Å². The summed E-state index contributed by atoms with van der Waals surface area (Å²) in [6, 6.07) is 25.4. The number of anilines is 1. The first-order valence-corrected chi connectivity index (χ1v) is 11.5. The molecular weight excluding hydrogens is 440 g/mol. The summed E-state index contributed by atoms with van der Waals surface area (Å²) in [5.74, 6) is -1.14. The number of hydrogen-bond donors (Lipinski definition) is 2. The van der Waals surface area contributed by atoms with E-state index in [1.54, 1.807) is 30.5 Å². The van der Waals surface area contributed by atoms with E-state index in [4.69, 9.17) is 4.74 Å². The third kappa shape index (κ3) is 5.73. The number of nitrogens with zero attached hydrogens (tertiary/aromatic N) is 1. The van der Waals surface area contributed by atoms with Crippen molar-refractivity contribution in [3.63, 3.8) is 0 Å². The second kappa shape index (κ2) is 11.1. The van der Waals surface area contributed by atoms with Crippen molar-refractivity contribution in [2.75, 3.05) is 11.9 Å². The fourth-order valence-electron chi connectivity index (χ4n) is 3.69. The Hall–Kier alpha value is -4.45. The van der Waals surface area contributed by atoms with E-state index in [0.29, 0.717) is 17.9 Å². The molecule has 0 radical (unpaired) electrons. The molecular formula is C29H26N2O4. The summed E-state index contributed by atoms with van der Waals surface area (Å²) < 4.78 is 5.90. The van der Waals surface area contributed by atoms with Crippen LogP contribution in [0.5, 0.6) is 5.75 Å². The second-order valence-corrected chi connectivity index (χ2v) is 8.01. The molecule has 6 nitrogen and oxygen atoms in total. The van der Waals surface area contributed by atoms with Crippen LogP contribution in [-0.4, -0.2) is 28.6 Å². The summed E-state index contributed by atoms with van der Waals surface area (Å²) in [4.78, 5) is 29.7. The number of pyridine rings is 1. The number of carbonyl (C=O) groups excluding carboxylic acids is 1. The minimum atomic E-state index is -1.12. The van der Waals surface area contributed by atoms with Gasteiger partial charge in [0.25, 0.3) is 5.91 Å². The molecule has 0 saturated carbocycles. The molecule has 1 aromatic heterocycles. The van der Waals surface area contributed by atoms with Crippen LogP contribution in [0.15, 0.2) is 91.1 Å². The van der Waals surface area contributed by atoms with E-state index in [1.807, 2.05) is 54.6 Å². The third-order valence-electron chi connectivity index (χ3n) is 5.55. The number of rotatable bonds is 9. The number of amides is 1. The van der Waals surface area contributed by atoms with Crippen LogP contribution in [0.3, 0.4) is 0 Å². The predicted octanol–water partition coefficient (Wildman–Crippen LogP) is 6.55. The van der Waals surface area contributed by atoms with Gasteiger partial charge in [-0.05, 0) is 60.0 Å². The monoisotopic (exact) mass is 466 g/mol. The number of ether oxygens (including phenoxy) is 1. The Kier molecular flexibility index (Phi) is 7.53. The fraction of sp³-hybridized carbons (Fsp3) is 0.138. The number of carboxylic acids is 1. The molecule has 6 heteroatoms. The highest BCUT2D eigenvalue weighted by Gasteiger charge is 2.19. The largest absolute Gasteiger partial charge is 0.493 e. The summed E-state index contributed by atoms with van der Waals surface area (Å²) >= 11 is 0. The summed E-state index contributed by atoms with van der Waals surface area (Å²) in [7, 11) is 0.